The van der Waals surface area contributed by atoms with Crippen LogP contribution in [0.25, 0.3) is 0 Å². The Morgan fingerprint density at radius 1 is 1.30 bits per heavy atom. The number of anilines is 2. The van der Waals surface area contributed by atoms with Crippen molar-refractivity contribution in [3.63, 3.8) is 0 Å². The number of carbonyl (C=O) groups excluding carboxylic acids is 2. The number of benzene rings is 1. The Hall–Kier alpha value is -3.70. The molecule has 1 atom stereocenters. The van der Waals surface area contributed by atoms with Crippen LogP contribution in [0.15, 0.2) is 36.4 Å². The van der Waals surface area contributed by atoms with Gasteiger partial charge in [-0.15, -0.1) is 0 Å². The molecule has 0 radical (unpaired) electrons. The first-order chi connectivity index (χ1) is 14.1. The van der Waals surface area contributed by atoms with Crippen LogP contribution >= 0.6 is 0 Å². The van der Waals surface area contributed by atoms with Gasteiger partial charge in [-0.3, -0.25) is 14.5 Å². The van der Waals surface area contributed by atoms with E-state index in [1.807, 2.05) is 0 Å². The average Bonchev–Trinajstić information content (AvgIpc) is 2.69. The van der Waals surface area contributed by atoms with E-state index in [4.69, 9.17) is 4.74 Å². The van der Waals surface area contributed by atoms with Crippen LogP contribution in [0.5, 0.6) is 5.75 Å². The SMILES string of the molecule is CCC1Oc2ccc([N+](=O)[O-])nc2N(CC(=O)Nc2ccccc2C(F)(F)F)C1=O. The summed E-state index contributed by atoms with van der Waals surface area (Å²) < 4.78 is 44.8. The van der Waals surface area contributed by atoms with Crippen LogP contribution in [-0.2, 0) is 15.8 Å². The number of amides is 2. The highest BCUT2D eigenvalue weighted by Crippen LogP contribution is 2.36. The normalized spacial score (nSPS) is 15.9. The summed E-state index contributed by atoms with van der Waals surface area (Å²) in [6.07, 6.45) is -5.42. The first-order valence-corrected chi connectivity index (χ1v) is 8.71. The van der Waals surface area contributed by atoms with Crippen LogP contribution < -0.4 is 15.0 Å². The second-order valence-electron chi connectivity index (χ2n) is 6.28. The first kappa shape index (κ1) is 21.0. The number of halogens is 3. The number of para-hydroxylation sites is 1. The highest BCUT2D eigenvalue weighted by Gasteiger charge is 2.39. The van der Waals surface area contributed by atoms with Crippen molar-refractivity contribution in [1.82, 2.24) is 4.98 Å². The molecule has 3 rings (SSSR count). The molecule has 0 saturated heterocycles. The fourth-order valence-corrected chi connectivity index (χ4v) is 2.88. The lowest BCUT2D eigenvalue weighted by Crippen LogP contribution is -2.49. The number of hydrogen-bond acceptors (Lipinski definition) is 6. The topological polar surface area (TPSA) is 115 Å². The van der Waals surface area contributed by atoms with Gasteiger partial charge < -0.3 is 20.2 Å². The van der Waals surface area contributed by atoms with Crippen molar-refractivity contribution < 1.29 is 32.4 Å². The molecule has 0 saturated carbocycles. The molecule has 2 aromatic rings. The summed E-state index contributed by atoms with van der Waals surface area (Å²) >= 11 is 0. The van der Waals surface area contributed by atoms with Crippen molar-refractivity contribution in [2.45, 2.75) is 25.6 Å². The minimum absolute atomic E-state index is 0.0514. The van der Waals surface area contributed by atoms with E-state index in [1.54, 1.807) is 6.92 Å². The van der Waals surface area contributed by atoms with E-state index in [1.165, 1.54) is 18.2 Å². The lowest BCUT2D eigenvalue weighted by molar-refractivity contribution is -0.389. The minimum Gasteiger partial charge on any atom is -0.474 e. The van der Waals surface area contributed by atoms with E-state index in [-0.39, 0.29) is 18.0 Å². The Kier molecular flexibility index (Phi) is 5.58. The minimum atomic E-state index is -4.69. The average molecular weight is 424 g/mol. The zero-order valence-electron chi connectivity index (χ0n) is 15.5. The predicted molar refractivity (Wildman–Crippen MR) is 98.0 cm³/mol. The van der Waals surface area contributed by atoms with E-state index in [0.29, 0.717) is 0 Å². The van der Waals surface area contributed by atoms with E-state index in [9.17, 15) is 32.9 Å². The fraction of sp³-hybridized carbons (Fsp3) is 0.278. The number of nitro groups is 1. The summed E-state index contributed by atoms with van der Waals surface area (Å²) in [5.41, 5.74) is -1.53. The van der Waals surface area contributed by atoms with Crippen LogP contribution in [0, 0.1) is 10.1 Å². The van der Waals surface area contributed by atoms with Crippen molar-refractivity contribution in [3.05, 3.63) is 52.1 Å². The monoisotopic (exact) mass is 424 g/mol. The summed E-state index contributed by atoms with van der Waals surface area (Å²) in [6, 6.07) is 6.71. The first-order valence-electron chi connectivity index (χ1n) is 8.71. The molecule has 1 aliphatic rings. The number of pyridine rings is 1. The number of nitrogens with one attached hydrogen (secondary N) is 1. The number of carbonyl (C=O) groups is 2. The summed E-state index contributed by atoms with van der Waals surface area (Å²) in [7, 11) is 0. The molecule has 0 aliphatic carbocycles. The molecule has 158 valence electrons. The standard InChI is InChI=1S/C18H15F3N4O5/c1-2-12-17(27)24(16-13(30-12)7-8-14(23-16)25(28)29)9-15(26)22-11-6-4-3-5-10(11)18(19,20)21/h3-8,12H,2,9H2,1H3,(H,22,26). The quantitative estimate of drug-likeness (QED) is 0.583. The van der Waals surface area contributed by atoms with Crippen LogP contribution in [0.3, 0.4) is 0 Å². The molecule has 0 fully saturated rings. The van der Waals surface area contributed by atoms with Gasteiger partial charge in [-0.2, -0.15) is 13.2 Å². The lowest BCUT2D eigenvalue weighted by Gasteiger charge is -2.30. The highest BCUT2D eigenvalue weighted by molar-refractivity contribution is 6.05. The molecule has 2 heterocycles. The fourth-order valence-electron chi connectivity index (χ4n) is 2.88. The molecule has 1 N–H and O–H groups in total. The van der Waals surface area contributed by atoms with E-state index >= 15 is 0 Å². The second kappa shape index (κ2) is 7.97. The molecule has 1 aliphatic heterocycles. The molecule has 9 nitrogen and oxygen atoms in total. The molecular weight excluding hydrogens is 409 g/mol. The summed E-state index contributed by atoms with van der Waals surface area (Å²) in [5, 5.41) is 13.1. The molecule has 1 aromatic carbocycles. The molecule has 2 amide bonds. The van der Waals surface area contributed by atoms with Crippen molar-refractivity contribution in [2.24, 2.45) is 0 Å². The Morgan fingerprint density at radius 2 is 2.00 bits per heavy atom. The number of rotatable bonds is 5. The maximum Gasteiger partial charge on any atom is 0.418 e. The van der Waals surface area contributed by atoms with Gasteiger partial charge in [-0.05, 0) is 34.5 Å². The smallest absolute Gasteiger partial charge is 0.418 e. The third kappa shape index (κ3) is 4.16. The zero-order chi connectivity index (χ0) is 22.1. The maximum atomic E-state index is 13.1. The van der Waals surface area contributed by atoms with Gasteiger partial charge in [0.05, 0.1) is 11.3 Å². The summed E-state index contributed by atoms with van der Waals surface area (Å²) in [6.45, 7) is 0.955. The number of alkyl halides is 3. The Labute approximate surface area is 167 Å². The second-order valence-corrected chi connectivity index (χ2v) is 6.28. The van der Waals surface area contributed by atoms with Gasteiger partial charge in [0.2, 0.25) is 5.91 Å². The zero-order valence-corrected chi connectivity index (χ0v) is 15.5. The summed E-state index contributed by atoms with van der Waals surface area (Å²) in [4.78, 5) is 39.9. The van der Waals surface area contributed by atoms with Gasteiger partial charge in [0.15, 0.2) is 11.9 Å². The highest BCUT2D eigenvalue weighted by atomic mass is 19.4. The number of fused-ring (bicyclic) bond motifs is 1. The van der Waals surface area contributed by atoms with Gasteiger partial charge >= 0.3 is 12.0 Å². The molecule has 12 heteroatoms. The van der Waals surface area contributed by atoms with Gasteiger partial charge in [0.1, 0.15) is 6.54 Å². The molecule has 0 bridgehead atoms. The third-order valence-corrected chi connectivity index (χ3v) is 4.26. The summed E-state index contributed by atoms with van der Waals surface area (Å²) in [5.74, 6) is -2.39. The number of aromatic nitrogens is 1. The Balaban J connectivity index is 1.90. The van der Waals surface area contributed by atoms with Crippen LogP contribution in [0.4, 0.5) is 30.5 Å². The number of hydrogen-bond donors (Lipinski definition) is 1. The van der Waals surface area contributed by atoms with Gasteiger partial charge in [0.25, 0.3) is 11.7 Å². The van der Waals surface area contributed by atoms with Crippen LogP contribution in [-0.4, -0.2) is 34.4 Å². The largest absolute Gasteiger partial charge is 0.474 e. The Morgan fingerprint density at radius 3 is 2.63 bits per heavy atom. The van der Waals surface area contributed by atoms with Gasteiger partial charge in [-0.25, -0.2) is 0 Å². The van der Waals surface area contributed by atoms with Crippen molar-refractivity contribution in [1.29, 1.82) is 0 Å². The van der Waals surface area contributed by atoms with E-state index in [2.05, 4.69) is 10.3 Å². The molecule has 1 unspecified atom stereocenters. The lowest BCUT2D eigenvalue weighted by atomic mass is 10.1. The molecule has 30 heavy (non-hydrogen) atoms. The van der Waals surface area contributed by atoms with Crippen LogP contribution in [0.1, 0.15) is 18.9 Å². The predicted octanol–water partition coefficient (Wildman–Crippen LogP) is 3.15. The van der Waals surface area contributed by atoms with Crippen molar-refractivity contribution >= 4 is 29.1 Å². The van der Waals surface area contributed by atoms with Crippen LogP contribution in [0.2, 0.25) is 0 Å². The molecule has 1 aromatic heterocycles. The Bertz CT molecular complexity index is 1010. The number of ether oxygens (including phenoxy) is 1. The van der Waals surface area contributed by atoms with Crippen molar-refractivity contribution in [2.75, 3.05) is 16.8 Å². The molecule has 0 spiro atoms. The van der Waals surface area contributed by atoms with E-state index in [0.717, 1.165) is 23.1 Å². The number of nitrogens with zero attached hydrogens (tertiary/aromatic N) is 3. The van der Waals surface area contributed by atoms with Gasteiger partial charge in [0, 0.05) is 6.07 Å². The van der Waals surface area contributed by atoms with E-state index < -0.39 is 52.6 Å². The molecular formula is C18H15F3N4O5. The third-order valence-electron chi connectivity index (χ3n) is 4.26. The van der Waals surface area contributed by atoms with Crippen molar-refractivity contribution in [3.8, 4) is 5.75 Å². The maximum absolute atomic E-state index is 13.1. The van der Waals surface area contributed by atoms with Gasteiger partial charge in [-0.1, -0.05) is 19.1 Å².